The van der Waals surface area contributed by atoms with Crippen LogP contribution in [0, 0.1) is 0 Å². The number of aromatic nitrogens is 2. The van der Waals surface area contributed by atoms with Crippen LogP contribution >= 0.6 is 34.8 Å². The number of hydrogen-bond donors (Lipinski definition) is 0. The van der Waals surface area contributed by atoms with Crippen molar-refractivity contribution in [2.24, 2.45) is 0 Å². The second-order valence-corrected chi connectivity index (χ2v) is 5.56. The molecule has 3 rings (SSSR count). The van der Waals surface area contributed by atoms with Crippen molar-refractivity contribution >= 4 is 34.8 Å². The maximum atomic E-state index is 6.18. The van der Waals surface area contributed by atoms with Crippen LogP contribution in [0.5, 0.6) is 0 Å². The molecule has 2 nitrogen and oxygen atoms in total. The van der Waals surface area contributed by atoms with Crippen molar-refractivity contribution in [3.05, 3.63) is 69.9 Å². The summed E-state index contributed by atoms with van der Waals surface area (Å²) in [6.45, 7) is 0. The van der Waals surface area contributed by atoms with E-state index >= 15 is 0 Å². The van der Waals surface area contributed by atoms with Crippen LogP contribution in [0.2, 0.25) is 15.1 Å². The summed E-state index contributed by atoms with van der Waals surface area (Å²) in [6, 6.07) is 12.9. The fourth-order valence-corrected chi connectivity index (χ4v) is 2.53. The van der Waals surface area contributed by atoms with E-state index in [1.807, 2.05) is 36.5 Å². The maximum Gasteiger partial charge on any atom is 0.0833 e. The van der Waals surface area contributed by atoms with Crippen molar-refractivity contribution in [1.82, 2.24) is 9.78 Å². The molecule has 0 aliphatic heterocycles. The van der Waals surface area contributed by atoms with Crippen molar-refractivity contribution < 1.29 is 0 Å². The van der Waals surface area contributed by atoms with Gasteiger partial charge in [-0.3, -0.25) is 0 Å². The highest BCUT2D eigenvalue weighted by Gasteiger charge is 2.07. The summed E-state index contributed by atoms with van der Waals surface area (Å²) in [5.74, 6) is 0. The molecule has 0 N–H and O–H groups in total. The van der Waals surface area contributed by atoms with Gasteiger partial charge in [-0.05, 0) is 35.9 Å². The van der Waals surface area contributed by atoms with Crippen molar-refractivity contribution in [3.8, 4) is 16.8 Å². The summed E-state index contributed by atoms with van der Waals surface area (Å²) in [6.07, 6.45) is 3.70. The Morgan fingerprint density at radius 2 is 1.50 bits per heavy atom. The highest BCUT2D eigenvalue weighted by atomic mass is 35.5. The second kappa shape index (κ2) is 5.49. The van der Waals surface area contributed by atoms with Crippen LogP contribution < -0.4 is 0 Å². The predicted molar refractivity (Wildman–Crippen MR) is 84.0 cm³/mol. The molecule has 0 saturated heterocycles. The van der Waals surface area contributed by atoms with E-state index in [4.69, 9.17) is 34.8 Å². The van der Waals surface area contributed by atoms with Gasteiger partial charge in [-0.2, -0.15) is 5.10 Å². The van der Waals surface area contributed by atoms with Gasteiger partial charge in [-0.1, -0.05) is 46.9 Å². The molecular weight excluding hydrogens is 315 g/mol. The monoisotopic (exact) mass is 322 g/mol. The Bertz CT molecular complexity index is 748. The Balaban J connectivity index is 1.99. The first-order valence-electron chi connectivity index (χ1n) is 5.89. The average Bonchev–Trinajstić information content (AvgIpc) is 2.89. The van der Waals surface area contributed by atoms with Gasteiger partial charge in [0.15, 0.2) is 0 Å². The number of benzene rings is 2. The summed E-state index contributed by atoms with van der Waals surface area (Å²) in [5, 5.41) is 6.20. The zero-order valence-electron chi connectivity index (χ0n) is 10.2. The topological polar surface area (TPSA) is 17.8 Å². The number of rotatable bonds is 2. The minimum absolute atomic E-state index is 0.559. The first-order chi connectivity index (χ1) is 9.63. The van der Waals surface area contributed by atoms with E-state index in [0.717, 1.165) is 16.8 Å². The third-order valence-corrected chi connectivity index (χ3v) is 3.71. The molecule has 20 heavy (non-hydrogen) atoms. The molecule has 0 aliphatic carbocycles. The third kappa shape index (κ3) is 2.68. The zero-order valence-corrected chi connectivity index (χ0v) is 12.5. The molecule has 0 spiro atoms. The molecule has 3 aromatic rings. The van der Waals surface area contributed by atoms with E-state index in [-0.39, 0.29) is 0 Å². The molecule has 0 atom stereocenters. The molecule has 100 valence electrons. The van der Waals surface area contributed by atoms with Gasteiger partial charge in [0.25, 0.3) is 0 Å². The molecule has 5 heteroatoms. The van der Waals surface area contributed by atoms with Crippen LogP contribution in [-0.2, 0) is 0 Å². The van der Waals surface area contributed by atoms with Gasteiger partial charge in [-0.15, -0.1) is 0 Å². The van der Waals surface area contributed by atoms with E-state index in [2.05, 4.69) is 5.10 Å². The van der Waals surface area contributed by atoms with Crippen molar-refractivity contribution in [1.29, 1.82) is 0 Å². The normalized spacial score (nSPS) is 10.8. The summed E-state index contributed by atoms with van der Waals surface area (Å²) in [5.41, 5.74) is 2.83. The van der Waals surface area contributed by atoms with Gasteiger partial charge in [0.2, 0.25) is 0 Å². The van der Waals surface area contributed by atoms with Crippen molar-refractivity contribution in [2.75, 3.05) is 0 Å². The Morgan fingerprint density at radius 3 is 2.20 bits per heavy atom. The molecule has 0 saturated carbocycles. The fourth-order valence-electron chi connectivity index (χ4n) is 1.91. The Hall–Kier alpha value is -1.48. The van der Waals surface area contributed by atoms with Crippen LogP contribution in [-0.4, -0.2) is 9.78 Å². The van der Waals surface area contributed by atoms with Crippen LogP contribution in [0.4, 0.5) is 0 Å². The van der Waals surface area contributed by atoms with Gasteiger partial charge >= 0.3 is 0 Å². The fraction of sp³-hybridized carbons (Fsp3) is 0. The Morgan fingerprint density at radius 1 is 0.800 bits per heavy atom. The highest BCUT2D eigenvalue weighted by molar-refractivity contribution is 6.35. The lowest BCUT2D eigenvalue weighted by Crippen LogP contribution is -1.94. The van der Waals surface area contributed by atoms with Gasteiger partial charge in [0.05, 0.1) is 16.9 Å². The van der Waals surface area contributed by atoms with Crippen LogP contribution in [0.1, 0.15) is 0 Å². The maximum absolute atomic E-state index is 6.18. The van der Waals surface area contributed by atoms with Gasteiger partial charge in [0.1, 0.15) is 0 Å². The SMILES string of the molecule is Clc1ccc(-c2cnn(-c3ccc(Cl)cc3Cl)c2)cc1. The molecule has 0 aliphatic rings. The van der Waals surface area contributed by atoms with Crippen LogP contribution in [0.3, 0.4) is 0 Å². The summed E-state index contributed by atoms with van der Waals surface area (Å²) in [4.78, 5) is 0. The predicted octanol–water partition coefficient (Wildman–Crippen LogP) is 5.50. The van der Waals surface area contributed by atoms with E-state index in [0.29, 0.717) is 15.1 Å². The van der Waals surface area contributed by atoms with Gasteiger partial charge in [0, 0.05) is 21.8 Å². The Kier molecular flexibility index (Phi) is 3.70. The van der Waals surface area contributed by atoms with E-state index in [1.165, 1.54) is 0 Å². The molecule has 1 heterocycles. The first-order valence-corrected chi connectivity index (χ1v) is 7.03. The minimum atomic E-state index is 0.559. The van der Waals surface area contributed by atoms with E-state index in [9.17, 15) is 0 Å². The number of nitrogens with zero attached hydrogens (tertiary/aromatic N) is 2. The van der Waals surface area contributed by atoms with Crippen molar-refractivity contribution in [3.63, 3.8) is 0 Å². The summed E-state index contributed by atoms with van der Waals surface area (Å²) in [7, 11) is 0. The zero-order chi connectivity index (χ0) is 14.1. The summed E-state index contributed by atoms with van der Waals surface area (Å²) >= 11 is 18.0. The van der Waals surface area contributed by atoms with Gasteiger partial charge in [-0.25, -0.2) is 4.68 Å². The summed E-state index contributed by atoms with van der Waals surface area (Å²) < 4.78 is 1.72. The van der Waals surface area contributed by atoms with E-state index < -0.39 is 0 Å². The molecule has 0 fully saturated rings. The van der Waals surface area contributed by atoms with E-state index in [1.54, 1.807) is 23.0 Å². The molecule has 0 radical (unpaired) electrons. The molecule has 0 bridgehead atoms. The Labute approximate surface area is 131 Å². The number of hydrogen-bond acceptors (Lipinski definition) is 1. The largest absolute Gasteiger partial charge is 0.239 e. The molecule has 2 aromatic carbocycles. The quantitative estimate of drug-likeness (QED) is 0.609. The van der Waals surface area contributed by atoms with Crippen LogP contribution in [0.25, 0.3) is 16.8 Å². The first kappa shape index (κ1) is 13.5. The van der Waals surface area contributed by atoms with Gasteiger partial charge < -0.3 is 0 Å². The average molecular weight is 324 g/mol. The molecule has 0 unspecified atom stereocenters. The number of halogens is 3. The highest BCUT2D eigenvalue weighted by Crippen LogP contribution is 2.26. The lowest BCUT2D eigenvalue weighted by atomic mass is 10.1. The molecular formula is C15H9Cl3N2. The van der Waals surface area contributed by atoms with Crippen LogP contribution in [0.15, 0.2) is 54.9 Å². The molecule has 0 amide bonds. The lowest BCUT2D eigenvalue weighted by molar-refractivity contribution is 0.881. The lowest BCUT2D eigenvalue weighted by Gasteiger charge is -2.04. The van der Waals surface area contributed by atoms with Crippen molar-refractivity contribution in [2.45, 2.75) is 0 Å². The minimum Gasteiger partial charge on any atom is -0.239 e. The second-order valence-electron chi connectivity index (χ2n) is 4.28. The third-order valence-electron chi connectivity index (χ3n) is 2.92. The standard InChI is InChI=1S/C15H9Cl3N2/c16-12-3-1-10(2-4-12)11-8-19-20(9-11)15-6-5-13(17)7-14(15)18/h1-9H. The smallest absolute Gasteiger partial charge is 0.0833 e. The molecule has 1 aromatic heterocycles.